The lowest BCUT2D eigenvalue weighted by molar-refractivity contribution is 0.510. The molecule has 0 bridgehead atoms. The van der Waals surface area contributed by atoms with E-state index in [-0.39, 0.29) is 5.75 Å². The van der Waals surface area contributed by atoms with Crippen LogP contribution >= 0.6 is 0 Å². The summed E-state index contributed by atoms with van der Waals surface area (Å²) >= 11 is 0. The Kier molecular flexibility index (Phi) is 2.15. The standard InChI is InChI=1S/C7H12N2O2S/c1-9(2)12(10,11)6-7(5-8)3-4-7/h3-4,6H2,1-2H3. The van der Waals surface area contributed by atoms with Crippen LogP contribution in [-0.2, 0) is 10.0 Å². The summed E-state index contributed by atoms with van der Waals surface area (Å²) in [7, 11) is -0.217. The number of nitriles is 1. The first-order chi connectivity index (χ1) is 5.42. The molecule has 1 saturated carbocycles. The number of hydrogen-bond acceptors (Lipinski definition) is 3. The Hall–Kier alpha value is -0.600. The molecule has 0 unspecified atom stereocenters. The fourth-order valence-corrected chi connectivity index (χ4v) is 2.23. The lowest BCUT2D eigenvalue weighted by Crippen LogP contribution is -2.29. The monoisotopic (exact) mass is 188 g/mol. The van der Waals surface area contributed by atoms with E-state index in [9.17, 15) is 8.42 Å². The van der Waals surface area contributed by atoms with Crippen molar-refractivity contribution in [3.8, 4) is 6.07 Å². The Morgan fingerprint density at radius 3 is 2.25 bits per heavy atom. The summed E-state index contributed by atoms with van der Waals surface area (Å²) in [6.45, 7) is 0. The van der Waals surface area contributed by atoms with Gasteiger partial charge in [-0.1, -0.05) is 0 Å². The first-order valence-electron chi connectivity index (χ1n) is 3.73. The van der Waals surface area contributed by atoms with E-state index >= 15 is 0 Å². The molecule has 0 aromatic carbocycles. The van der Waals surface area contributed by atoms with Crippen molar-refractivity contribution in [2.45, 2.75) is 12.8 Å². The topological polar surface area (TPSA) is 61.2 Å². The molecule has 0 radical (unpaired) electrons. The van der Waals surface area contributed by atoms with Crippen molar-refractivity contribution in [2.75, 3.05) is 19.8 Å². The molecule has 5 heteroatoms. The van der Waals surface area contributed by atoms with Gasteiger partial charge < -0.3 is 0 Å². The van der Waals surface area contributed by atoms with Gasteiger partial charge in [0.1, 0.15) is 0 Å². The molecule has 0 spiro atoms. The van der Waals surface area contributed by atoms with Crippen molar-refractivity contribution in [1.82, 2.24) is 4.31 Å². The van der Waals surface area contributed by atoms with Crippen LogP contribution in [0.1, 0.15) is 12.8 Å². The van der Waals surface area contributed by atoms with Gasteiger partial charge >= 0.3 is 0 Å². The Labute approximate surface area is 72.8 Å². The number of hydrogen-bond donors (Lipinski definition) is 0. The zero-order chi connectivity index (χ0) is 9.41. The highest BCUT2D eigenvalue weighted by Crippen LogP contribution is 2.46. The molecule has 0 aromatic heterocycles. The molecule has 0 amide bonds. The molecule has 1 fully saturated rings. The van der Waals surface area contributed by atoms with Gasteiger partial charge in [0.2, 0.25) is 10.0 Å². The maximum absolute atomic E-state index is 11.3. The molecule has 0 atom stereocenters. The molecule has 68 valence electrons. The van der Waals surface area contributed by atoms with Crippen molar-refractivity contribution >= 4 is 10.0 Å². The minimum absolute atomic E-state index is 0.0243. The van der Waals surface area contributed by atoms with E-state index in [1.165, 1.54) is 18.4 Å². The number of rotatable bonds is 3. The second-order valence-corrected chi connectivity index (χ2v) is 5.61. The molecule has 0 heterocycles. The van der Waals surface area contributed by atoms with E-state index in [0.717, 1.165) is 12.8 Å². The highest BCUT2D eigenvalue weighted by atomic mass is 32.2. The van der Waals surface area contributed by atoms with Crippen LogP contribution in [0.15, 0.2) is 0 Å². The van der Waals surface area contributed by atoms with Crippen LogP contribution in [-0.4, -0.2) is 32.6 Å². The van der Waals surface area contributed by atoms with Gasteiger partial charge in [0, 0.05) is 14.1 Å². The smallest absolute Gasteiger partial charge is 0.212 e. The van der Waals surface area contributed by atoms with Gasteiger partial charge in [0.05, 0.1) is 17.2 Å². The van der Waals surface area contributed by atoms with Crippen LogP contribution in [0, 0.1) is 16.7 Å². The number of sulfonamides is 1. The second-order valence-electron chi connectivity index (χ2n) is 3.43. The molecule has 1 aliphatic rings. The fourth-order valence-electron chi connectivity index (χ4n) is 0.918. The quantitative estimate of drug-likeness (QED) is 0.634. The zero-order valence-electron chi connectivity index (χ0n) is 7.24. The predicted octanol–water partition coefficient (Wildman–Crippen LogP) is 0.182. The third kappa shape index (κ3) is 1.76. The summed E-state index contributed by atoms with van der Waals surface area (Å²) in [6.07, 6.45) is 1.44. The first kappa shape index (κ1) is 9.49. The van der Waals surface area contributed by atoms with Gasteiger partial charge in [-0.3, -0.25) is 0 Å². The largest absolute Gasteiger partial charge is 0.215 e. The summed E-state index contributed by atoms with van der Waals surface area (Å²) < 4.78 is 23.8. The van der Waals surface area contributed by atoms with E-state index in [4.69, 9.17) is 5.26 Å². The second kappa shape index (κ2) is 2.71. The molecule has 0 aromatic rings. The van der Waals surface area contributed by atoms with Crippen LogP contribution < -0.4 is 0 Å². The van der Waals surface area contributed by atoms with Crippen molar-refractivity contribution in [3.05, 3.63) is 0 Å². The minimum Gasteiger partial charge on any atom is -0.212 e. The molecule has 1 rings (SSSR count). The van der Waals surface area contributed by atoms with Gasteiger partial charge in [-0.25, -0.2) is 12.7 Å². The predicted molar refractivity (Wildman–Crippen MR) is 44.8 cm³/mol. The van der Waals surface area contributed by atoms with Crippen LogP contribution in [0.4, 0.5) is 0 Å². The van der Waals surface area contributed by atoms with Crippen LogP contribution in [0.3, 0.4) is 0 Å². The summed E-state index contributed by atoms with van der Waals surface area (Å²) in [6, 6.07) is 2.06. The summed E-state index contributed by atoms with van der Waals surface area (Å²) in [5.41, 5.74) is -0.566. The molecule has 0 saturated heterocycles. The van der Waals surface area contributed by atoms with E-state index in [1.807, 2.05) is 0 Å². The molecular weight excluding hydrogens is 176 g/mol. The van der Waals surface area contributed by atoms with Crippen molar-refractivity contribution in [3.63, 3.8) is 0 Å². The van der Waals surface area contributed by atoms with Gasteiger partial charge in [0.15, 0.2) is 0 Å². The van der Waals surface area contributed by atoms with Crippen molar-refractivity contribution < 1.29 is 8.42 Å². The lowest BCUT2D eigenvalue weighted by Gasteiger charge is -2.12. The average molecular weight is 188 g/mol. The summed E-state index contributed by atoms with van der Waals surface area (Å²) in [5, 5.41) is 8.67. The zero-order valence-corrected chi connectivity index (χ0v) is 8.06. The van der Waals surface area contributed by atoms with Crippen LogP contribution in [0.25, 0.3) is 0 Å². The molecule has 4 nitrogen and oxygen atoms in total. The number of nitrogens with zero attached hydrogens (tertiary/aromatic N) is 2. The molecular formula is C7H12N2O2S. The maximum atomic E-state index is 11.3. The third-order valence-electron chi connectivity index (χ3n) is 2.11. The van der Waals surface area contributed by atoms with E-state index in [0.29, 0.717) is 0 Å². The summed E-state index contributed by atoms with van der Waals surface area (Å²) in [4.78, 5) is 0. The van der Waals surface area contributed by atoms with Crippen LogP contribution in [0.5, 0.6) is 0 Å². The van der Waals surface area contributed by atoms with E-state index < -0.39 is 15.4 Å². The molecule has 1 aliphatic carbocycles. The summed E-state index contributed by atoms with van der Waals surface area (Å²) in [5.74, 6) is -0.0243. The highest BCUT2D eigenvalue weighted by molar-refractivity contribution is 7.89. The Balaban J connectivity index is 2.71. The minimum atomic E-state index is -3.19. The fraction of sp³-hybridized carbons (Fsp3) is 0.857. The SMILES string of the molecule is CN(C)S(=O)(=O)CC1(C#N)CC1. The Bertz CT molecular complexity index is 309. The van der Waals surface area contributed by atoms with E-state index in [2.05, 4.69) is 6.07 Å². The van der Waals surface area contributed by atoms with Crippen molar-refractivity contribution in [2.24, 2.45) is 5.41 Å². The van der Waals surface area contributed by atoms with Crippen molar-refractivity contribution in [1.29, 1.82) is 5.26 Å². The van der Waals surface area contributed by atoms with Gasteiger partial charge in [-0.05, 0) is 12.8 Å². The highest BCUT2D eigenvalue weighted by Gasteiger charge is 2.47. The van der Waals surface area contributed by atoms with Gasteiger partial charge in [-0.2, -0.15) is 5.26 Å². The Morgan fingerprint density at radius 2 is 2.00 bits per heavy atom. The lowest BCUT2D eigenvalue weighted by atomic mass is 10.2. The average Bonchev–Trinajstić information content (AvgIpc) is 2.68. The maximum Gasteiger partial charge on any atom is 0.215 e. The van der Waals surface area contributed by atoms with Gasteiger partial charge in [0.25, 0.3) is 0 Å². The van der Waals surface area contributed by atoms with E-state index in [1.54, 1.807) is 0 Å². The molecule has 0 aliphatic heterocycles. The van der Waals surface area contributed by atoms with Crippen LogP contribution in [0.2, 0.25) is 0 Å². The normalized spacial score (nSPS) is 20.5. The van der Waals surface area contributed by atoms with Gasteiger partial charge in [-0.15, -0.1) is 0 Å². The molecule has 12 heavy (non-hydrogen) atoms. The molecule has 0 N–H and O–H groups in total. The third-order valence-corrected chi connectivity index (χ3v) is 4.14. The Morgan fingerprint density at radius 1 is 1.50 bits per heavy atom. The first-order valence-corrected chi connectivity index (χ1v) is 5.34.